The number of H-pyrrole nitrogens is 1. The van der Waals surface area contributed by atoms with Crippen molar-refractivity contribution in [2.45, 2.75) is 6.54 Å². The third kappa shape index (κ3) is 3.39. The molecular formula is C19H12F2N8O2. The predicted octanol–water partition coefficient (Wildman–Crippen LogP) is 2.20. The summed E-state index contributed by atoms with van der Waals surface area (Å²) in [6.45, 7) is 0.100. The van der Waals surface area contributed by atoms with Gasteiger partial charge in [0, 0.05) is 11.6 Å². The Kier molecular flexibility index (Phi) is 4.43. The summed E-state index contributed by atoms with van der Waals surface area (Å²) in [4.78, 5) is 23.4. The molecule has 31 heavy (non-hydrogen) atoms. The fourth-order valence-corrected chi connectivity index (χ4v) is 3.03. The largest absolute Gasteiger partial charge is 0.369 e. The minimum atomic E-state index is -0.822. The first kappa shape index (κ1) is 18.5. The molecule has 0 aliphatic heterocycles. The van der Waals surface area contributed by atoms with Crippen LogP contribution in [0.3, 0.4) is 0 Å². The van der Waals surface area contributed by atoms with E-state index in [2.05, 4.69) is 30.3 Å². The highest BCUT2D eigenvalue weighted by molar-refractivity contribution is 5.62. The van der Waals surface area contributed by atoms with E-state index in [9.17, 15) is 13.6 Å². The molecule has 4 aromatic heterocycles. The third-order valence-electron chi connectivity index (χ3n) is 4.48. The van der Waals surface area contributed by atoms with E-state index in [0.29, 0.717) is 17.0 Å². The van der Waals surface area contributed by atoms with Crippen molar-refractivity contribution in [2.75, 3.05) is 0 Å². The van der Waals surface area contributed by atoms with Crippen molar-refractivity contribution < 1.29 is 13.3 Å². The summed E-state index contributed by atoms with van der Waals surface area (Å²) in [5.74, 6) is -1.46. The van der Waals surface area contributed by atoms with Crippen molar-refractivity contribution in [2.24, 2.45) is 0 Å². The molecule has 0 atom stereocenters. The molecule has 1 aromatic carbocycles. The first-order valence-corrected chi connectivity index (χ1v) is 8.98. The summed E-state index contributed by atoms with van der Waals surface area (Å²) < 4.78 is 35.7. The summed E-state index contributed by atoms with van der Waals surface area (Å²) in [5, 5.41) is 10.9. The number of hydrogen-bond acceptors (Lipinski definition) is 7. The van der Waals surface area contributed by atoms with Crippen LogP contribution in [-0.2, 0) is 6.54 Å². The number of benzene rings is 1. The van der Waals surface area contributed by atoms with Gasteiger partial charge in [0.25, 0.3) is 0 Å². The lowest BCUT2D eigenvalue weighted by atomic mass is 10.2. The molecule has 0 spiro atoms. The van der Waals surface area contributed by atoms with Crippen molar-refractivity contribution in [1.29, 1.82) is 0 Å². The molecule has 12 heteroatoms. The minimum Gasteiger partial charge on any atom is -0.364 e. The van der Waals surface area contributed by atoms with Gasteiger partial charge in [0.1, 0.15) is 29.8 Å². The smallest absolute Gasteiger partial charge is 0.364 e. The maximum Gasteiger partial charge on any atom is 0.369 e. The summed E-state index contributed by atoms with van der Waals surface area (Å²) >= 11 is 0. The van der Waals surface area contributed by atoms with Crippen molar-refractivity contribution in [3.63, 3.8) is 0 Å². The number of nitrogens with one attached hydrogen (secondary N) is 1. The molecule has 5 aromatic rings. The van der Waals surface area contributed by atoms with Gasteiger partial charge in [-0.15, -0.1) is 0 Å². The summed E-state index contributed by atoms with van der Waals surface area (Å²) in [5.41, 5.74) is 0.925. The van der Waals surface area contributed by atoms with E-state index in [0.717, 1.165) is 17.2 Å². The van der Waals surface area contributed by atoms with E-state index in [1.165, 1.54) is 17.0 Å². The summed E-state index contributed by atoms with van der Waals surface area (Å²) in [7, 11) is 0. The van der Waals surface area contributed by atoms with Crippen LogP contribution in [0.1, 0.15) is 5.56 Å². The second kappa shape index (κ2) is 7.40. The average molecular weight is 422 g/mol. The van der Waals surface area contributed by atoms with E-state index in [-0.39, 0.29) is 29.7 Å². The van der Waals surface area contributed by atoms with Crippen LogP contribution in [0.15, 0.2) is 64.5 Å². The van der Waals surface area contributed by atoms with Crippen molar-refractivity contribution in [3.05, 3.63) is 82.9 Å². The molecule has 0 aliphatic rings. The fraction of sp³-hybridized carbons (Fsp3) is 0.0526. The van der Waals surface area contributed by atoms with Crippen LogP contribution in [0.4, 0.5) is 8.78 Å². The molecule has 10 nitrogen and oxygen atoms in total. The Morgan fingerprint density at radius 1 is 1.06 bits per heavy atom. The van der Waals surface area contributed by atoms with Gasteiger partial charge in [0.2, 0.25) is 0 Å². The van der Waals surface area contributed by atoms with Crippen molar-refractivity contribution >= 4 is 0 Å². The number of nitrogens with zero attached hydrogens (tertiary/aromatic N) is 7. The van der Waals surface area contributed by atoms with E-state index >= 15 is 0 Å². The van der Waals surface area contributed by atoms with Gasteiger partial charge in [-0.1, -0.05) is 23.4 Å². The molecule has 1 N–H and O–H groups in total. The molecule has 0 fully saturated rings. The Balaban J connectivity index is 1.62. The zero-order valence-corrected chi connectivity index (χ0v) is 15.6. The number of rotatable bonds is 5. The lowest BCUT2D eigenvalue weighted by Crippen LogP contribution is -2.19. The van der Waals surface area contributed by atoms with Gasteiger partial charge in [-0.2, -0.15) is 14.8 Å². The molecule has 0 amide bonds. The monoisotopic (exact) mass is 422 g/mol. The lowest BCUT2D eigenvalue weighted by Gasteiger charge is -2.06. The molecule has 0 unspecified atom stereocenters. The number of aromatic amines is 1. The molecule has 0 radical (unpaired) electrons. The molecule has 0 saturated heterocycles. The van der Waals surface area contributed by atoms with Crippen LogP contribution in [-0.4, -0.2) is 39.7 Å². The Bertz CT molecular complexity index is 1420. The highest BCUT2D eigenvalue weighted by Crippen LogP contribution is 2.25. The van der Waals surface area contributed by atoms with Crippen LogP contribution >= 0.6 is 0 Å². The zero-order chi connectivity index (χ0) is 21.4. The van der Waals surface area contributed by atoms with E-state index in [1.807, 2.05) is 0 Å². The van der Waals surface area contributed by atoms with Crippen LogP contribution in [0.2, 0.25) is 0 Å². The predicted molar refractivity (Wildman–Crippen MR) is 102 cm³/mol. The Labute approximate surface area is 171 Å². The molecule has 5 rings (SSSR count). The third-order valence-corrected chi connectivity index (χ3v) is 4.48. The first-order valence-electron chi connectivity index (χ1n) is 8.98. The quantitative estimate of drug-likeness (QED) is 0.461. The van der Waals surface area contributed by atoms with Crippen LogP contribution in [0.5, 0.6) is 0 Å². The molecule has 0 aliphatic carbocycles. The van der Waals surface area contributed by atoms with Gasteiger partial charge in [-0.3, -0.25) is 9.78 Å². The second-order valence-corrected chi connectivity index (χ2v) is 6.42. The van der Waals surface area contributed by atoms with Crippen molar-refractivity contribution in [1.82, 2.24) is 39.7 Å². The van der Waals surface area contributed by atoms with Gasteiger partial charge in [0.05, 0.1) is 18.4 Å². The Morgan fingerprint density at radius 2 is 1.94 bits per heavy atom. The number of hydrogen-bond donors (Lipinski definition) is 1. The minimum absolute atomic E-state index is 0.0509. The van der Waals surface area contributed by atoms with Gasteiger partial charge >= 0.3 is 5.69 Å². The highest BCUT2D eigenvalue weighted by Gasteiger charge is 2.19. The topological polar surface area (TPSA) is 120 Å². The number of halogens is 2. The van der Waals surface area contributed by atoms with E-state index in [4.69, 9.17) is 4.52 Å². The van der Waals surface area contributed by atoms with E-state index in [1.54, 1.807) is 30.3 Å². The first-order chi connectivity index (χ1) is 15.1. The maximum atomic E-state index is 14.2. The highest BCUT2D eigenvalue weighted by atomic mass is 19.1. The molecule has 4 heterocycles. The normalized spacial score (nSPS) is 11.2. The van der Waals surface area contributed by atoms with Crippen molar-refractivity contribution in [3.8, 4) is 28.7 Å². The molecule has 0 saturated carbocycles. The van der Waals surface area contributed by atoms with Gasteiger partial charge in [-0.05, 0) is 12.1 Å². The molecule has 154 valence electrons. The molecular weight excluding hydrogens is 410 g/mol. The van der Waals surface area contributed by atoms with Gasteiger partial charge in [-0.25, -0.2) is 23.5 Å². The lowest BCUT2D eigenvalue weighted by molar-refractivity contribution is 0.421. The van der Waals surface area contributed by atoms with Crippen LogP contribution in [0, 0.1) is 11.6 Å². The van der Waals surface area contributed by atoms with E-state index < -0.39 is 11.5 Å². The maximum absolute atomic E-state index is 14.2. The Morgan fingerprint density at radius 3 is 2.68 bits per heavy atom. The average Bonchev–Trinajstić information content (AvgIpc) is 3.51. The summed E-state index contributed by atoms with van der Waals surface area (Å²) in [6.07, 6.45) is 3.44. The number of aromatic nitrogens is 8. The Hall–Kier alpha value is -4.48. The van der Waals surface area contributed by atoms with Crippen LogP contribution < -0.4 is 5.69 Å². The van der Waals surface area contributed by atoms with Gasteiger partial charge < -0.3 is 4.52 Å². The molecule has 0 bridgehead atoms. The standard InChI is InChI=1S/C19H12F2N8O2/c20-12-4-2-1-3-11(12)9-28-16(14-5-6-31-27-14)7-15(26-28)17-22-8-13(21)18(25-17)29-19(30)23-10-24-29/h1-8,10H,9H2,(H,23,24,30). The fourth-order valence-electron chi connectivity index (χ4n) is 3.03. The second-order valence-electron chi connectivity index (χ2n) is 6.42. The van der Waals surface area contributed by atoms with Crippen LogP contribution in [0.25, 0.3) is 28.7 Å². The SMILES string of the molecule is O=c1nc[nH]n1-c1nc(-c2cc(-c3ccon3)n(Cc3ccccc3F)n2)ncc1F. The van der Waals surface area contributed by atoms with Gasteiger partial charge in [0.15, 0.2) is 17.5 Å². The summed E-state index contributed by atoms with van der Waals surface area (Å²) in [6, 6.07) is 9.55. The zero-order valence-electron chi connectivity index (χ0n) is 15.6.